The number of aromatic nitrogens is 2. The molecule has 0 saturated heterocycles. The molecule has 0 atom stereocenters. The molecular formula is C14H15Cl2N3O2. The first-order valence-corrected chi connectivity index (χ1v) is 7.09. The fourth-order valence-corrected chi connectivity index (χ4v) is 2.02. The van der Waals surface area contributed by atoms with E-state index in [0.717, 1.165) is 0 Å². The number of rotatable bonds is 6. The van der Waals surface area contributed by atoms with Gasteiger partial charge in [-0.05, 0) is 19.1 Å². The van der Waals surface area contributed by atoms with Crippen molar-refractivity contribution in [3.63, 3.8) is 0 Å². The standard InChI is InChI=1S/C14H15Cl2N3O2/c1-3-21-8-14-18-12(16)7-13(19-14)17-11-6-9(20-2)4-5-10(11)15/h4-7H,3,8H2,1-2H3,(H,17,18,19). The molecule has 1 aromatic heterocycles. The smallest absolute Gasteiger partial charge is 0.158 e. The predicted octanol–water partition coefficient (Wildman–Crippen LogP) is 4.07. The van der Waals surface area contributed by atoms with Crippen LogP contribution in [0.3, 0.4) is 0 Å². The van der Waals surface area contributed by atoms with Crippen LogP contribution in [0.5, 0.6) is 5.75 Å². The number of methoxy groups -OCH3 is 1. The second kappa shape index (κ2) is 7.45. The van der Waals surface area contributed by atoms with Crippen molar-refractivity contribution in [1.82, 2.24) is 9.97 Å². The Kier molecular flexibility index (Phi) is 5.61. The third kappa shape index (κ3) is 4.46. The molecule has 1 heterocycles. The molecule has 2 rings (SSSR count). The first-order valence-electron chi connectivity index (χ1n) is 6.34. The van der Waals surface area contributed by atoms with Crippen LogP contribution in [-0.4, -0.2) is 23.7 Å². The van der Waals surface area contributed by atoms with Gasteiger partial charge in [-0.1, -0.05) is 23.2 Å². The molecule has 1 aromatic carbocycles. The summed E-state index contributed by atoms with van der Waals surface area (Å²) in [4.78, 5) is 8.43. The van der Waals surface area contributed by atoms with E-state index in [-0.39, 0.29) is 0 Å². The highest BCUT2D eigenvalue weighted by Gasteiger charge is 2.07. The number of nitrogens with zero attached hydrogens (tertiary/aromatic N) is 2. The average molecular weight is 328 g/mol. The Morgan fingerprint density at radius 2 is 2.00 bits per heavy atom. The summed E-state index contributed by atoms with van der Waals surface area (Å²) in [6.07, 6.45) is 0. The van der Waals surface area contributed by atoms with E-state index in [0.29, 0.717) is 46.5 Å². The van der Waals surface area contributed by atoms with Gasteiger partial charge >= 0.3 is 0 Å². The first-order chi connectivity index (χ1) is 10.1. The molecule has 0 aliphatic heterocycles. The molecule has 0 unspecified atom stereocenters. The molecule has 0 fully saturated rings. The fraction of sp³-hybridized carbons (Fsp3) is 0.286. The monoisotopic (exact) mass is 327 g/mol. The maximum Gasteiger partial charge on any atom is 0.158 e. The molecular weight excluding hydrogens is 313 g/mol. The molecule has 0 radical (unpaired) electrons. The van der Waals surface area contributed by atoms with Crippen molar-refractivity contribution < 1.29 is 9.47 Å². The number of halogens is 2. The Labute approximate surface area is 133 Å². The Hall–Kier alpha value is -1.56. The van der Waals surface area contributed by atoms with Crippen LogP contribution in [0.2, 0.25) is 10.2 Å². The van der Waals surface area contributed by atoms with Crippen molar-refractivity contribution in [3.8, 4) is 5.75 Å². The molecule has 5 nitrogen and oxygen atoms in total. The lowest BCUT2D eigenvalue weighted by Crippen LogP contribution is -2.03. The minimum absolute atomic E-state index is 0.303. The van der Waals surface area contributed by atoms with Crippen molar-refractivity contribution in [1.29, 1.82) is 0 Å². The van der Waals surface area contributed by atoms with Crippen LogP contribution in [0, 0.1) is 0 Å². The van der Waals surface area contributed by atoms with Crippen molar-refractivity contribution in [3.05, 3.63) is 40.3 Å². The van der Waals surface area contributed by atoms with E-state index in [9.17, 15) is 0 Å². The second-order valence-corrected chi connectivity index (χ2v) is 4.89. The lowest BCUT2D eigenvalue weighted by Gasteiger charge is -2.11. The van der Waals surface area contributed by atoms with Gasteiger partial charge in [-0.15, -0.1) is 0 Å². The molecule has 2 aromatic rings. The van der Waals surface area contributed by atoms with E-state index >= 15 is 0 Å². The van der Waals surface area contributed by atoms with E-state index in [4.69, 9.17) is 32.7 Å². The highest BCUT2D eigenvalue weighted by atomic mass is 35.5. The average Bonchev–Trinajstić information content (AvgIpc) is 2.47. The zero-order chi connectivity index (χ0) is 15.2. The third-order valence-electron chi connectivity index (χ3n) is 2.61. The van der Waals surface area contributed by atoms with Crippen molar-refractivity contribution in [2.45, 2.75) is 13.5 Å². The zero-order valence-electron chi connectivity index (χ0n) is 11.7. The Bertz CT molecular complexity index is 623. The van der Waals surface area contributed by atoms with Gasteiger partial charge in [-0.3, -0.25) is 0 Å². The van der Waals surface area contributed by atoms with Gasteiger partial charge in [0.1, 0.15) is 23.3 Å². The van der Waals surface area contributed by atoms with Crippen molar-refractivity contribution >= 4 is 34.7 Å². The van der Waals surface area contributed by atoms with Crippen LogP contribution in [0.15, 0.2) is 24.3 Å². The summed E-state index contributed by atoms with van der Waals surface area (Å²) in [6, 6.07) is 6.92. The van der Waals surface area contributed by atoms with Gasteiger partial charge in [-0.2, -0.15) is 0 Å². The lowest BCUT2D eigenvalue weighted by atomic mass is 10.3. The number of hydrogen-bond acceptors (Lipinski definition) is 5. The number of nitrogens with one attached hydrogen (secondary N) is 1. The van der Waals surface area contributed by atoms with E-state index in [1.165, 1.54) is 0 Å². The van der Waals surface area contributed by atoms with Crippen LogP contribution < -0.4 is 10.1 Å². The van der Waals surface area contributed by atoms with Crippen LogP contribution >= 0.6 is 23.2 Å². The molecule has 1 N–H and O–H groups in total. The summed E-state index contributed by atoms with van der Waals surface area (Å²) in [5.41, 5.74) is 0.674. The van der Waals surface area contributed by atoms with Gasteiger partial charge in [0.05, 0.1) is 17.8 Å². The SMILES string of the molecule is CCOCc1nc(Cl)cc(Nc2cc(OC)ccc2Cl)n1. The van der Waals surface area contributed by atoms with Gasteiger partial charge in [0, 0.05) is 18.7 Å². The van der Waals surface area contributed by atoms with E-state index < -0.39 is 0 Å². The maximum absolute atomic E-state index is 6.15. The number of benzene rings is 1. The largest absolute Gasteiger partial charge is 0.497 e. The van der Waals surface area contributed by atoms with Gasteiger partial charge in [-0.25, -0.2) is 9.97 Å². The summed E-state index contributed by atoms with van der Waals surface area (Å²) in [6.45, 7) is 2.79. The minimum atomic E-state index is 0.303. The second-order valence-electron chi connectivity index (χ2n) is 4.10. The van der Waals surface area contributed by atoms with Crippen LogP contribution in [0.25, 0.3) is 0 Å². The summed E-state index contributed by atoms with van der Waals surface area (Å²) in [5.74, 6) is 1.74. The normalized spacial score (nSPS) is 10.5. The molecule has 21 heavy (non-hydrogen) atoms. The van der Waals surface area contributed by atoms with E-state index in [1.54, 1.807) is 31.4 Å². The van der Waals surface area contributed by atoms with Crippen LogP contribution in [0.4, 0.5) is 11.5 Å². The molecule has 0 aliphatic rings. The minimum Gasteiger partial charge on any atom is -0.497 e. The number of anilines is 2. The Balaban J connectivity index is 2.24. The quantitative estimate of drug-likeness (QED) is 0.810. The highest BCUT2D eigenvalue weighted by Crippen LogP contribution is 2.29. The topological polar surface area (TPSA) is 56.3 Å². The third-order valence-corrected chi connectivity index (χ3v) is 3.14. The van der Waals surface area contributed by atoms with Gasteiger partial charge in [0.15, 0.2) is 5.82 Å². The number of hydrogen-bond donors (Lipinski definition) is 1. The fourth-order valence-electron chi connectivity index (χ4n) is 1.65. The van der Waals surface area contributed by atoms with Gasteiger partial charge in [0.2, 0.25) is 0 Å². The zero-order valence-corrected chi connectivity index (χ0v) is 13.2. The van der Waals surface area contributed by atoms with Crippen molar-refractivity contribution in [2.75, 3.05) is 19.0 Å². The molecule has 0 amide bonds. The van der Waals surface area contributed by atoms with Gasteiger partial charge < -0.3 is 14.8 Å². The summed E-state index contributed by atoms with van der Waals surface area (Å²) in [5, 5.41) is 3.99. The van der Waals surface area contributed by atoms with E-state index in [1.807, 2.05) is 6.92 Å². The lowest BCUT2D eigenvalue weighted by molar-refractivity contribution is 0.128. The Morgan fingerprint density at radius 1 is 1.19 bits per heavy atom. The summed E-state index contributed by atoms with van der Waals surface area (Å²) < 4.78 is 10.5. The van der Waals surface area contributed by atoms with Crippen LogP contribution in [0.1, 0.15) is 12.7 Å². The molecule has 0 bridgehead atoms. The predicted molar refractivity (Wildman–Crippen MR) is 83.7 cm³/mol. The summed E-state index contributed by atoms with van der Waals surface area (Å²) >= 11 is 12.1. The maximum atomic E-state index is 6.15. The number of ether oxygens (including phenoxy) is 2. The van der Waals surface area contributed by atoms with Gasteiger partial charge in [0.25, 0.3) is 0 Å². The van der Waals surface area contributed by atoms with E-state index in [2.05, 4.69) is 15.3 Å². The molecule has 0 spiro atoms. The van der Waals surface area contributed by atoms with Crippen LogP contribution in [-0.2, 0) is 11.3 Å². The molecule has 112 valence electrons. The highest BCUT2D eigenvalue weighted by molar-refractivity contribution is 6.33. The summed E-state index contributed by atoms with van der Waals surface area (Å²) in [7, 11) is 1.59. The van der Waals surface area contributed by atoms with Crippen molar-refractivity contribution in [2.24, 2.45) is 0 Å². The Morgan fingerprint density at radius 3 is 2.71 bits per heavy atom. The first kappa shape index (κ1) is 15.8. The molecule has 7 heteroatoms. The molecule has 0 saturated carbocycles. The molecule has 0 aliphatic carbocycles.